The van der Waals surface area contributed by atoms with Gasteiger partial charge in [-0.15, -0.1) is 0 Å². The molecule has 0 saturated heterocycles. The number of amides is 1. The van der Waals surface area contributed by atoms with Crippen molar-refractivity contribution in [3.63, 3.8) is 0 Å². The number of pyridine rings is 1. The predicted molar refractivity (Wildman–Crippen MR) is 79.6 cm³/mol. The van der Waals surface area contributed by atoms with Gasteiger partial charge in [0.15, 0.2) is 0 Å². The van der Waals surface area contributed by atoms with Crippen LogP contribution in [0.1, 0.15) is 10.4 Å². The number of aromatic hydroxyl groups is 1. The number of benzene rings is 1. The number of aromatic nitrogens is 1. The molecule has 2 rings (SSSR count). The average Bonchev–Trinajstić information content (AvgIpc) is 2.42. The van der Waals surface area contributed by atoms with Crippen LogP contribution in [0.15, 0.2) is 34.9 Å². The fourth-order valence-corrected chi connectivity index (χ4v) is 1.97. The molecule has 2 N–H and O–H groups in total. The number of halogens is 2. The standard InChI is InChI=1S/C13H10BrClN2O3/c1-20-8-2-3-9(11(18)5-8)13(19)17-7-4-10(14)12(15)16-6-7/h2-6,18H,1H3,(H,17,19). The minimum absolute atomic E-state index is 0.136. The number of carbonyl (C=O) groups is 1. The lowest BCUT2D eigenvalue weighted by Crippen LogP contribution is -2.12. The highest BCUT2D eigenvalue weighted by Gasteiger charge is 2.13. The summed E-state index contributed by atoms with van der Waals surface area (Å²) in [7, 11) is 1.48. The van der Waals surface area contributed by atoms with Gasteiger partial charge in [-0.25, -0.2) is 4.98 Å². The minimum Gasteiger partial charge on any atom is -0.507 e. The first-order valence-corrected chi connectivity index (χ1v) is 6.67. The third-order valence-electron chi connectivity index (χ3n) is 2.50. The van der Waals surface area contributed by atoms with Gasteiger partial charge in [0, 0.05) is 6.07 Å². The number of phenolic OH excluding ortho intramolecular Hbond substituents is 1. The Labute approximate surface area is 128 Å². The zero-order valence-electron chi connectivity index (χ0n) is 10.4. The van der Waals surface area contributed by atoms with Crippen LogP contribution < -0.4 is 10.1 Å². The van der Waals surface area contributed by atoms with E-state index in [4.69, 9.17) is 16.3 Å². The highest BCUT2D eigenvalue weighted by molar-refractivity contribution is 9.10. The van der Waals surface area contributed by atoms with Crippen LogP contribution in [0.5, 0.6) is 11.5 Å². The molecule has 2 aromatic rings. The van der Waals surface area contributed by atoms with E-state index >= 15 is 0 Å². The summed E-state index contributed by atoms with van der Waals surface area (Å²) in [6.07, 6.45) is 1.42. The summed E-state index contributed by atoms with van der Waals surface area (Å²) in [4.78, 5) is 15.9. The summed E-state index contributed by atoms with van der Waals surface area (Å²) in [6.45, 7) is 0. The Morgan fingerprint density at radius 2 is 2.20 bits per heavy atom. The molecule has 0 bridgehead atoms. The van der Waals surface area contributed by atoms with E-state index in [1.54, 1.807) is 12.1 Å². The fraction of sp³-hybridized carbons (Fsp3) is 0.0769. The minimum atomic E-state index is -0.457. The predicted octanol–water partition coefficient (Wildman–Crippen LogP) is 3.46. The molecular weight excluding hydrogens is 348 g/mol. The fourth-order valence-electron chi connectivity index (χ4n) is 1.52. The molecule has 0 spiro atoms. The van der Waals surface area contributed by atoms with Crippen molar-refractivity contribution in [2.24, 2.45) is 0 Å². The van der Waals surface area contributed by atoms with E-state index in [0.717, 1.165) is 0 Å². The Kier molecular flexibility index (Phi) is 4.46. The van der Waals surface area contributed by atoms with Crippen molar-refractivity contribution in [2.75, 3.05) is 12.4 Å². The first-order valence-electron chi connectivity index (χ1n) is 5.50. The summed E-state index contributed by atoms with van der Waals surface area (Å²) in [6, 6.07) is 6.05. The van der Waals surface area contributed by atoms with E-state index in [-0.39, 0.29) is 11.3 Å². The lowest BCUT2D eigenvalue weighted by atomic mass is 10.1. The van der Waals surface area contributed by atoms with E-state index in [9.17, 15) is 9.90 Å². The second-order valence-corrected chi connectivity index (χ2v) is 5.05. The van der Waals surface area contributed by atoms with Crippen LogP contribution in [-0.2, 0) is 0 Å². The molecule has 7 heteroatoms. The summed E-state index contributed by atoms with van der Waals surface area (Å²) < 4.78 is 5.52. The van der Waals surface area contributed by atoms with E-state index in [1.807, 2.05) is 0 Å². The van der Waals surface area contributed by atoms with Crippen LogP contribution in [0.4, 0.5) is 5.69 Å². The Balaban J connectivity index is 2.21. The van der Waals surface area contributed by atoms with E-state index < -0.39 is 5.91 Å². The van der Waals surface area contributed by atoms with Crippen LogP contribution in [-0.4, -0.2) is 23.1 Å². The van der Waals surface area contributed by atoms with E-state index in [0.29, 0.717) is 21.1 Å². The van der Waals surface area contributed by atoms with Crippen LogP contribution in [0.3, 0.4) is 0 Å². The van der Waals surface area contributed by atoms with Gasteiger partial charge in [-0.1, -0.05) is 11.6 Å². The number of methoxy groups -OCH3 is 1. The maximum Gasteiger partial charge on any atom is 0.259 e. The molecule has 0 atom stereocenters. The number of hydrogen-bond donors (Lipinski definition) is 2. The lowest BCUT2D eigenvalue weighted by molar-refractivity contribution is 0.102. The molecule has 0 saturated carbocycles. The number of hydrogen-bond acceptors (Lipinski definition) is 4. The van der Waals surface area contributed by atoms with Gasteiger partial charge in [-0.3, -0.25) is 4.79 Å². The first-order chi connectivity index (χ1) is 9.51. The summed E-state index contributed by atoms with van der Waals surface area (Å²) in [5.41, 5.74) is 0.596. The second-order valence-electron chi connectivity index (χ2n) is 3.83. The molecule has 104 valence electrons. The molecule has 0 radical (unpaired) electrons. The van der Waals surface area contributed by atoms with Crippen molar-refractivity contribution in [3.8, 4) is 11.5 Å². The molecule has 1 heterocycles. The molecular formula is C13H10BrClN2O3. The molecule has 0 aliphatic rings. The third-order valence-corrected chi connectivity index (χ3v) is 3.64. The normalized spacial score (nSPS) is 10.2. The molecule has 5 nitrogen and oxygen atoms in total. The zero-order valence-corrected chi connectivity index (χ0v) is 12.7. The Bertz CT molecular complexity index is 664. The highest BCUT2D eigenvalue weighted by Crippen LogP contribution is 2.26. The van der Waals surface area contributed by atoms with Gasteiger partial charge >= 0.3 is 0 Å². The quantitative estimate of drug-likeness (QED) is 0.825. The molecule has 0 unspecified atom stereocenters. The topological polar surface area (TPSA) is 71.5 Å². The largest absolute Gasteiger partial charge is 0.507 e. The molecule has 0 fully saturated rings. The number of phenols is 1. The van der Waals surface area contributed by atoms with Gasteiger partial charge in [-0.2, -0.15) is 0 Å². The average molecular weight is 358 g/mol. The molecule has 1 aromatic heterocycles. The van der Waals surface area contributed by atoms with Crippen molar-refractivity contribution in [1.29, 1.82) is 0 Å². The number of carbonyl (C=O) groups excluding carboxylic acids is 1. The Morgan fingerprint density at radius 1 is 1.45 bits per heavy atom. The zero-order chi connectivity index (χ0) is 14.7. The monoisotopic (exact) mass is 356 g/mol. The summed E-state index contributed by atoms with van der Waals surface area (Å²) in [5, 5.41) is 12.7. The number of nitrogens with one attached hydrogen (secondary N) is 1. The maximum absolute atomic E-state index is 12.0. The van der Waals surface area contributed by atoms with Gasteiger partial charge < -0.3 is 15.2 Å². The van der Waals surface area contributed by atoms with Crippen molar-refractivity contribution < 1.29 is 14.6 Å². The lowest BCUT2D eigenvalue weighted by Gasteiger charge is -2.08. The van der Waals surface area contributed by atoms with Gasteiger partial charge in [0.1, 0.15) is 16.7 Å². The van der Waals surface area contributed by atoms with Crippen LogP contribution in [0.25, 0.3) is 0 Å². The van der Waals surface area contributed by atoms with Gasteiger partial charge in [-0.05, 0) is 34.1 Å². The SMILES string of the molecule is COc1ccc(C(=O)Nc2cnc(Cl)c(Br)c2)c(O)c1. The van der Waals surface area contributed by atoms with Crippen LogP contribution in [0.2, 0.25) is 5.15 Å². The van der Waals surface area contributed by atoms with Crippen molar-refractivity contribution in [3.05, 3.63) is 45.7 Å². The smallest absolute Gasteiger partial charge is 0.259 e. The Morgan fingerprint density at radius 3 is 2.80 bits per heavy atom. The van der Waals surface area contributed by atoms with Crippen LogP contribution >= 0.6 is 27.5 Å². The van der Waals surface area contributed by atoms with Crippen LogP contribution in [0, 0.1) is 0 Å². The maximum atomic E-state index is 12.0. The first kappa shape index (κ1) is 14.6. The highest BCUT2D eigenvalue weighted by atomic mass is 79.9. The van der Waals surface area contributed by atoms with Crippen molar-refractivity contribution in [1.82, 2.24) is 4.98 Å². The Hall–Kier alpha value is -1.79. The third kappa shape index (κ3) is 3.20. The van der Waals surface area contributed by atoms with E-state index in [1.165, 1.54) is 25.4 Å². The summed E-state index contributed by atoms with van der Waals surface area (Å²) in [5.74, 6) is -0.154. The van der Waals surface area contributed by atoms with Crippen molar-refractivity contribution >= 4 is 39.1 Å². The van der Waals surface area contributed by atoms with Gasteiger partial charge in [0.2, 0.25) is 0 Å². The molecule has 20 heavy (non-hydrogen) atoms. The molecule has 1 amide bonds. The summed E-state index contributed by atoms with van der Waals surface area (Å²) >= 11 is 8.98. The number of anilines is 1. The van der Waals surface area contributed by atoms with Gasteiger partial charge in [0.25, 0.3) is 5.91 Å². The molecule has 0 aliphatic carbocycles. The number of nitrogens with zero attached hydrogens (tertiary/aromatic N) is 1. The van der Waals surface area contributed by atoms with Crippen molar-refractivity contribution in [2.45, 2.75) is 0 Å². The molecule has 0 aliphatic heterocycles. The second kappa shape index (κ2) is 6.11. The molecule has 1 aromatic carbocycles. The number of rotatable bonds is 3. The van der Waals surface area contributed by atoms with E-state index in [2.05, 4.69) is 26.2 Å². The number of ether oxygens (including phenoxy) is 1. The van der Waals surface area contributed by atoms with Gasteiger partial charge in [0.05, 0.1) is 29.0 Å².